The van der Waals surface area contributed by atoms with E-state index in [1.807, 2.05) is 13.0 Å². The Morgan fingerprint density at radius 3 is 2.90 bits per heavy atom. The molecule has 0 aromatic heterocycles. The van der Waals surface area contributed by atoms with Crippen molar-refractivity contribution in [2.24, 2.45) is 0 Å². The van der Waals surface area contributed by atoms with Crippen LogP contribution in [0.4, 0.5) is 16.2 Å². The second kappa shape index (κ2) is 5.58. The first-order valence-corrected chi connectivity index (χ1v) is 7.66. The molecule has 8 heteroatoms. The van der Waals surface area contributed by atoms with Crippen LogP contribution in [0.3, 0.4) is 0 Å². The third kappa shape index (κ3) is 3.32. The van der Waals surface area contributed by atoms with Gasteiger partial charge in [-0.3, -0.25) is 4.72 Å². The Balaban J connectivity index is 2.24. The summed E-state index contributed by atoms with van der Waals surface area (Å²) in [5, 5.41) is 3.25. The lowest BCUT2D eigenvalue weighted by Crippen LogP contribution is -2.35. The number of amides is 1. The number of hydrogen-bond donors (Lipinski definition) is 3. The number of para-hydroxylation sites is 1. The normalized spacial score (nSPS) is 17.6. The summed E-state index contributed by atoms with van der Waals surface area (Å²) in [6.45, 7) is 2.03. The molecule has 1 atom stereocenters. The number of ether oxygens (including phenoxy) is 1. The van der Waals surface area contributed by atoms with Crippen molar-refractivity contribution in [3.63, 3.8) is 0 Å². The lowest BCUT2D eigenvalue weighted by atomic mass is 9.98. The second-order valence-electron chi connectivity index (χ2n) is 4.62. The van der Waals surface area contributed by atoms with Gasteiger partial charge in [0.2, 0.25) is 0 Å². The Morgan fingerprint density at radius 2 is 2.20 bits per heavy atom. The molecule has 0 fully saturated rings. The average Bonchev–Trinajstić information content (AvgIpc) is 2.38. The van der Waals surface area contributed by atoms with Crippen molar-refractivity contribution in [1.82, 2.24) is 4.72 Å². The molecular weight excluding hydrogens is 282 g/mol. The van der Waals surface area contributed by atoms with Crippen LogP contribution in [0.2, 0.25) is 0 Å². The van der Waals surface area contributed by atoms with Crippen molar-refractivity contribution in [3.05, 3.63) is 23.8 Å². The van der Waals surface area contributed by atoms with Crippen LogP contribution in [0.15, 0.2) is 18.2 Å². The van der Waals surface area contributed by atoms with Crippen molar-refractivity contribution in [2.75, 3.05) is 17.1 Å². The molecule has 1 aromatic rings. The summed E-state index contributed by atoms with van der Waals surface area (Å²) in [5.41, 5.74) is 2.20. The van der Waals surface area contributed by atoms with E-state index in [4.69, 9.17) is 0 Å². The molecule has 0 saturated heterocycles. The molecule has 0 aliphatic carbocycles. The van der Waals surface area contributed by atoms with Gasteiger partial charge in [0.05, 0.1) is 18.5 Å². The summed E-state index contributed by atoms with van der Waals surface area (Å²) in [5.74, 6) is 0. The molecule has 1 aromatic carbocycles. The number of rotatable bonds is 3. The van der Waals surface area contributed by atoms with Crippen molar-refractivity contribution in [3.8, 4) is 0 Å². The van der Waals surface area contributed by atoms with Crippen LogP contribution < -0.4 is 14.8 Å². The Kier molecular flexibility index (Phi) is 4.03. The van der Waals surface area contributed by atoms with Crippen LogP contribution in [0, 0.1) is 0 Å². The molecule has 1 aliphatic heterocycles. The molecule has 0 radical (unpaired) electrons. The van der Waals surface area contributed by atoms with Crippen LogP contribution in [0.5, 0.6) is 0 Å². The molecule has 1 amide bonds. The highest BCUT2D eigenvalue weighted by molar-refractivity contribution is 7.91. The van der Waals surface area contributed by atoms with E-state index in [-0.39, 0.29) is 6.04 Å². The number of benzene rings is 1. The van der Waals surface area contributed by atoms with Gasteiger partial charge in [-0.15, -0.1) is 0 Å². The van der Waals surface area contributed by atoms with Crippen LogP contribution in [-0.2, 0) is 21.4 Å². The van der Waals surface area contributed by atoms with Gasteiger partial charge in [0.1, 0.15) is 0 Å². The molecule has 1 unspecified atom stereocenters. The number of carbonyl (C=O) groups excluding carboxylic acids is 1. The highest BCUT2D eigenvalue weighted by Gasteiger charge is 2.21. The first-order chi connectivity index (χ1) is 9.41. The number of aryl methyl sites for hydroxylation is 1. The van der Waals surface area contributed by atoms with E-state index in [0.29, 0.717) is 5.69 Å². The maximum absolute atomic E-state index is 11.8. The first-order valence-electron chi connectivity index (χ1n) is 6.18. The van der Waals surface area contributed by atoms with Gasteiger partial charge < -0.3 is 10.1 Å². The fraction of sp³-hybridized carbons (Fsp3) is 0.417. The highest BCUT2D eigenvalue weighted by Crippen LogP contribution is 2.32. The molecule has 3 N–H and O–H groups in total. The molecular formula is C12H17N3O4S. The van der Waals surface area contributed by atoms with Crippen molar-refractivity contribution >= 4 is 27.7 Å². The van der Waals surface area contributed by atoms with Crippen LogP contribution in [0.1, 0.15) is 18.9 Å². The Hall–Kier alpha value is -1.96. The molecule has 0 bridgehead atoms. The summed E-state index contributed by atoms with van der Waals surface area (Å²) < 4.78 is 31.9. The van der Waals surface area contributed by atoms with E-state index in [0.717, 1.165) is 31.2 Å². The lowest BCUT2D eigenvalue weighted by Gasteiger charge is -2.26. The largest absolute Gasteiger partial charge is 0.452 e. The van der Waals surface area contributed by atoms with Gasteiger partial charge >= 0.3 is 16.3 Å². The molecule has 7 nitrogen and oxygen atoms in total. The summed E-state index contributed by atoms with van der Waals surface area (Å²) in [4.78, 5) is 11.0. The molecule has 1 aliphatic rings. The fourth-order valence-electron chi connectivity index (χ4n) is 2.08. The zero-order chi connectivity index (χ0) is 14.8. The van der Waals surface area contributed by atoms with E-state index in [1.54, 1.807) is 16.9 Å². The minimum absolute atomic E-state index is 0.265. The number of anilines is 2. The molecule has 0 spiro atoms. The van der Waals surface area contributed by atoms with Crippen molar-refractivity contribution in [1.29, 1.82) is 0 Å². The third-order valence-corrected chi connectivity index (χ3v) is 3.96. The molecule has 110 valence electrons. The SMILES string of the molecule is COC(=O)NS(=O)(=O)Nc1cccc2c1NC(C)CC2. The standard InChI is InChI=1S/C12H17N3O4S/c1-8-6-7-9-4-3-5-10(11(9)13-8)14-20(17,18)15-12(16)19-2/h3-5,8,13-14H,6-7H2,1-2H3,(H,15,16). The zero-order valence-electron chi connectivity index (χ0n) is 11.3. The smallest absolute Gasteiger partial charge is 0.422 e. The summed E-state index contributed by atoms with van der Waals surface area (Å²) in [6, 6.07) is 5.62. The Labute approximate surface area is 117 Å². The van der Waals surface area contributed by atoms with E-state index in [9.17, 15) is 13.2 Å². The van der Waals surface area contributed by atoms with E-state index in [1.165, 1.54) is 0 Å². The molecule has 2 rings (SSSR count). The van der Waals surface area contributed by atoms with Gasteiger partial charge in [0, 0.05) is 6.04 Å². The number of carbonyl (C=O) groups is 1. The van der Waals surface area contributed by atoms with Crippen molar-refractivity contribution < 1.29 is 17.9 Å². The number of methoxy groups -OCH3 is 1. The highest BCUT2D eigenvalue weighted by atomic mass is 32.2. The van der Waals surface area contributed by atoms with Gasteiger partial charge in [-0.05, 0) is 31.4 Å². The van der Waals surface area contributed by atoms with Gasteiger partial charge in [0.15, 0.2) is 0 Å². The summed E-state index contributed by atoms with van der Waals surface area (Å²) in [7, 11) is -2.92. The minimum atomic E-state index is -4.01. The third-order valence-electron chi connectivity index (χ3n) is 3.04. The zero-order valence-corrected chi connectivity index (χ0v) is 12.1. The van der Waals surface area contributed by atoms with Gasteiger partial charge in [0.25, 0.3) is 0 Å². The average molecular weight is 299 g/mol. The summed E-state index contributed by atoms with van der Waals surface area (Å²) >= 11 is 0. The van der Waals surface area contributed by atoms with Crippen molar-refractivity contribution in [2.45, 2.75) is 25.8 Å². The number of hydrogen-bond acceptors (Lipinski definition) is 5. The predicted molar refractivity (Wildman–Crippen MR) is 75.9 cm³/mol. The Bertz CT molecular complexity index is 615. The maximum Gasteiger partial charge on any atom is 0.422 e. The Morgan fingerprint density at radius 1 is 1.45 bits per heavy atom. The monoisotopic (exact) mass is 299 g/mol. The van der Waals surface area contributed by atoms with E-state index >= 15 is 0 Å². The van der Waals surface area contributed by atoms with Gasteiger partial charge in [-0.1, -0.05) is 12.1 Å². The molecule has 20 heavy (non-hydrogen) atoms. The van der Waals surface area contributed by atoms with Crippen LogP contribution in [0.25, 0.3) is 0 Å². The number of nitrogens with one attached hydrogen (secondary N) is 3. The minimum Gasteiger partial charge on any atom is -0.452 e. The predicted octanol–water partition coefficient (Wildman–Crippen LogP) is 1.45. The molecule has 1 heterocycles. The van der Waals surface area contributed by atoms with E-state index < -0.39 is 16.3 Å². The topological polar surface area (TPSA) is 96.5 Å². The maximum atomic E-state index is 11.8. The quantitative estimate of drug-likeness (QED) is 0.785. The van der Waals surface area contributed by atoms with E-state index in [2.05, 4.69) is 14.8 Å². The van der Waals surface area contributed by atoms with Gasteiger partial charge in [-0.25, -0.2) is 9.52 Å². The second-order valence-corrected chi connectivity index (χ2v) is 6.04. The number of fused-ring (bicyclic) bond motifs is 1. The molecule has 0 saturated carbocycles. The van der Waals surface area contributed by atoms with Crippen LogP contribution in [-0.4, -0.2) is 27.7 Å². The lowest BCUT2D eigenvalue weighted by molar-refractivity contribution is 0.177. The fourth-order valence-corrected chi connectivity index (χ4v) is 2.89. The first kappa shape index (κ1) is 14.4. The van der Waals surface area contributed by atoms with Gasteiger partial charge in [-0.2, -0.15) is 8.42 Å². The summed E-state index contributed by atoms with van der Waals surface area (Å²) in [6.07, 6.45) is 0.830. The van der Waals surface area contributed by atoms with Crippen LogP contribution >= 0.6 is 0 Å².